The molecule has 0 N–H and O–H groups in total. The van der Waals surface area contributed by atoms with Crippen molar-refractivity contribution in [1.29, 1.82) is 5.26 Å². The van der Waals surface area contributed by atoms with Crippen molar-refractivity contribution in [3.05, 3.63) is 41.5 Å². The van der Waals surface area contributed by atoms with Crippen molar-refractivity contribution in [2.45, 2.75) is 25.7 Å². The van der Waals surface area contributed by atoms with Gasteiger partial charge in [0.05, 0.1) is 18.7 Å². The molecule has 8 nitrogen and oxygen atoms in total. The van der Waals surface area contributed by atoms with E-state index in [4.69, 9.17) is 0 Å². The van der Waals surface area contributed by atoms with Crippen molar-refractivity contribution >= 4 is 5.95 Å². The molecule has 0 saturated carbocycles. The summed E-state index contributed by atoms with van der Waals surface area (Å²) < 4.78 is 0. The lowest BCUT2D eigenvalue weighted by atomic mass is 9.94. The topological polar surface area (TPSA) is 86.8 Å². The van der Waals surface area contributed by atoms with Crippen LogP contribution in [0.25, 0.3) is 11.4 Å². The number of nitriles is 1. The molecular weight excluding hydrogens is 340 g/mol. The predicted molar refractivity (Wildman–Crippen MR) is 100 cm³/mol. The maximum absolute atomic E-state index is 9.69. The van der Waals surface area contributed by atoms with Crippen LogP contribution in [0.4, 0.5) is 5.95 Å². The van der Waals surface area contributed by atoms with E-state index in [2.05, 4.69) is 36.0 Å². The highest BCUT2D eigenvalue weighted by Gasteiger charge is 2.31. The van der Waals surface area contributed by atoms with E-state index in [1.54, 1.807) is 18.7 Å². The maximum Gasteiger partial charge on any atom is 0.225 e. The Morgan fingerprint density at radius 3 is 2.41 bits per heavy atom. The molecule has 27 heavy (non-hydrogen) atoms. The van der Waals surface area contributed by atoms with E-state index < -0.39 is 0 Å². The van der Waals surface area contributed by atoms with Crippen LogP contribution in [0.5, 0.6) is 0 Å². The Morgan fingerprint density at radius 1 is 0.926 bits per heavy atom. The van der Waals surface area contributed by atoms with Crippen molar-refractivity contribution in [3.8, 4) is 17.5 Å². The first kappa shape index (κ1) is 16.0. The van der Waals surface area contributed by atoms with Crippen LogP contribution in [0, 0.1) is 11.3 Å². The Balaban J connectivity index is 1.47. The summed E-state index contributed by atoms with van der Waals surface area (Å²) in [6.07, 6.45) is 9.38. The van der Waals surface area contributed by atoms with Gasteiger partial charge in [-0.1, -0.05) is 0 Å². The average Bonchev–Trinajstić information content (AvgIpc) is 3.08. The second kappa shape index (κ2) is 6.50. The summed E-state index contributed by atoms with van der Waals surface area (Å²) in [6, 6.07) is 4.22. The minimum absolute atomic E-state index is 0.743. The first-order valence-corrected chi connectivity index (χ1v) is 9.41. The minimum atomic E-state index is 0.743. The Bertz CT molecular complexity index is 965. The van der Waals surface area contributed by atoms with Crippen LogP contribution < -0.4 is 9.91 Å². The molecule has 0 spiro atoms. The summed E-state index contributed by atoms with van der Waals surface area (Å²) in [6.45, 7) is 3.29. The number of nitrogens with zero attached hydrogens (tertiary/aromatic N) is 8. The fourth-order valence-electron chi connectivity index (χ4n) is 4.25. The molecule has 0 atom stereocenters. The molecular formula is C19H20N8. The van der Waals surface area contributed by atoms with E-state index in [9.17, 15) is 5.26 Å². The lowest BCUT2D eigenvalue weighted by Gasteiger charge is -2.37. The first-order valence-electron chi connectivity index (χ1n) is 9.41. The largest absolute Gasteiger partial charge is 0.337 e. The minimum Gasteiger partial charge on any atom is -0.337 e. The van der Waals surface area contributed by atoms with Gasteiger partial charge in [-0.25, -0.2) is 15.0 Å². The molecule has 8 heteroatoms. The summed E-state index contributed by atoms with van der Waals surface area (Å²) in [5, 5.41) is 16.5. The third-order valence-corrected chi connectivity index (χ3v) is 5.54. The average molecular weight is 360 g/mol. The van der Waals surface area contributed by atoms with Crippen LogP contribution in [-0.2, 0) is 12.8 Å². The van der Waals surface area contributed by atoms with Crippen LogP contribution in [-0.4, -0.2) is 51.0 Å². The smallest absolute Gasteiger partial charge is 0.225 e. The molecule has 0 radical (unpaired) electrons. The molecule has 0 unspecified atom stereocenters. The molecule has 136 valence electrons. The Hall–Kier alpha value is -3.21. The van der Waals surface area contributed by atoms with E-state index in [1.807, 2.05) is 10.9 Å². The monoisotopic (exact) mass is 360 g/mol. The normalized spacial score (nSPS) is 17.0. The van der Waals surface area contributed by atoms with Gasteiger partial charge in [-0.3, -0.25) is 5.01 Å². The third kappa shape index (κ3) is 2.58. The fourth-order valence-corrected chi connectivity index (χ4v) is 4.25. The summed E-state index contributed by atoms with van der Waals surface area (Å²) in [5.41, 5.74) is 5.01. The number of hydrogen-bond donors (Lipinski definition) is 0. The number of aromatic nitrogens is 5. The summed E-state index contributed by atoms with van der Waals surface area (Å²) in [7, 11) is 0. The Labute approximate surface area is 157 Å². The molecule has 5 rings (SSSR count). The van der Waals surface area contributed by atoms with Gasteiger partial charge in [0, 0.05) is 25.5 Å². The van der Waals surface area contributed by atoms with Crippen molar-refractivity contribution in [2.24, 2.45) is 0 Å². The van der Waals surface area contributed by atoms with Gasteiger partial charge in [0.2, 0.25) is 5.95 Å². The second-order valence-corrected chi connectivity index (χ2v) is 6.99. The standard InChI is InChI=1S/C19H20N8/c20-12-16-14-4-1-2-5-15(14)18-17(16)23-13-24-27(18)26-10-8-25(9-11-26)19-21-6-3-7-22-19/h3,6-7,13H,1-2,4-5,8-11H2. The van der Waals surface area contributed by atoms with Gasteiger partial charge in [-0.15, -0.1) is 5.10 Å². The molecule has 1 fully saturated rings. The number of anilines is 1. The van der Waals surface area contributed by atoms with Gasteiger partial charge in [0.1, 0.15) is 23.8 Å². The molecule has 1 aromatic rings. The van der Waals surface area contributed by atoms with E-state index in [-0.39, 0.29) is 0 Å². The lowest BCUT2D eigenvalue weighted by molar-refractivity contribution is 0.478. The van der Waals surface area contributed by atoms with Gasteiger partial charge in [-0.2, -0.15) is 10.1 Å². The SMILES string of the molecule is N#Cc1c2ncnn(N3CCN(c4ncccn4)CC3)c-2c2c1CCCC2. The van der Waals surface area contributed by atoms with Gasteiger partial charge in [-0.05, 0) is 42.9 Å². The van der Waals surface area contributed by atoms with Gasteiger partial charge < -0.3 is 4.90 Å². The zero-order valence-electron chi connectivity index (χ0n) is 15.0. The fraction of sp³-hybridized carbons (Fsp3) is 0.421. The Kier molecular flexibility index (Phi) is 3.85. The van der Waals surface area contributed by atoms with Crippen molar-refractivity contribution in [1.82, 2.24) is 24.8 Å². The van der Waals surface area contributed by atoms with Gasteiger partial charge in [0.25, 0.3) is 0 Å². The summed E-state index contributed by atoms with van der Waals surface area (Å²) in [5.74, 6) is 0.771. The molecule has 0 aromatic carbocycles. The molecule has 0 amide bonds. The van der Waals surface area contributed by atoms with Crippen LogP contribution in [0.3, 0.4) is 0 Å². The third-order valence-electron chi connectivity index (χ3n) is 5.54. The van der Waals surface area contributed by atoms with Crippen molar-refractivity contribution < 1.29 is 0 Å². The number of piperazine rings is 1. The van der Waals surface area contributed by atoms with Crippen LogP contribution in [0.1, 0.15) is 29.5 Å². The summed E-state index contributed by atoms with van der Waals surface area (Å²) >= 11 is 0. The van der Waals surface area contributed by atoms with E-state index in [0.29, 0.717) is 0 Å². The quantitative estimate of drug-likeness (QED) is 0.682. The summed E-state index contributed by atoms with van der Waals surface area (Å²) in [4.78, 5) is 17.3. The number of hydrogen-bond acceptors (Lipinski definition) is 7. The highest BCUT2D eigenvalue weighted by Crippen LogP contribution is 2.38. The zero-order chi connectivity index (χ0) is 18.2. The van der Waals surface area contributed by atoms with Gasteiger partial charge >= 0.3 is 0 Å². The molecule has 1 saturated heterocycles. The number of fused-ring (bicyclic) bond motifs is 3. The molecule has 0 bridgehead atoms. The first-order chi connectivity index (χ1) is 13.4. The maximum atomic E-state index is 9.69. The zero-order valence-corrected chi connectivity index (χ0v) is 15.0. The van der Waals surface area contributed by atoms with Gasteiger partial charge in [0.15, 0.2) is 0 Å². The van der Waals surface area contributed by atoms with Crippen molar-refractivity contribution in [2.75, 3.05) is 36.1 Å². The second-order valence-electron chi connectivity index (χ2n) is 6.99. The molecule has 2 aliphatic heterocycles. The predicted octanol–water partition coefficient (Wildman–Crippen LogP) is 1.38. The Morgan fingerprint density at radius 2 is 1.67 bits per heavy atom. The molecule has 1 aromatic heterocycles. The molecule has 4 aliphatic rings. The molecule has 2 aliphatic carbocycles. The number of rotatable bonds is 2. The molecule has 3 heterocycles. The van der Waals surface area contributed by atoms with Crippen LogP contribution >= 0.6 is 0 Å². The van der Waals surface area contributed by atoms with Crippen LogP contribution in [0.15, 0.2) is 24.8 Å². The highest BCUT2D eigenvalue weighted by atomic mass is 15.7. The van der Waals surface area contributed by atoms with Crippen LogP contribution in [0.2, 0.25) is 0 Å². The lowest BCUT2D eigenvalue weighted by Crippen LogP contribution is -2.52. The highest BCUT2D eigenvalue weighted by molar-refractivity contribution is 5.76. The van der Waals surface area contributed by atoms with E-state index >= 15 is 0 Å². The van der Waals surface area contributed by atoms with E-state index in [0.717, 1.165) is 74.8 Å². The van der Waals surface area contributed by atoms with Crippen molar-refractivity contribution in [3.63, 3.8) is 0 Å². The van der Waals surface area contributed by atoms with E-state index in [1.165, 1.54) is 11.1 Å².